The van der Waals surface area contributed by atoms with Gasteiger partial charge in [0, 0.05) is 6.42 Å². The molecule has 4 saturated carbocycles. The van der Waals surface area contributed by atoms with Crippen LogP contribution in [0.5, 0.6) is 0 Å². The molecule has 1 amide bonds. The molecule has 2 saturated heterocycles. The molecule has 3 aromatic rings. The Hall–Kier alpha value is -3.81. The van der Waals surface area contributed by atoms with Gasteiger partial charge < -0.3 is 45.3 Å². The van der Waals surface area contributed by atoms with Gasteiger partial charge in [0.25, 0.3) is 0 Å². The number of carbonyl (C=O) groups is 2. The van der Waals surface area contributed by atoms with E-state index in [9.17, 15) is 24.9 Å². The lowest BCUT2D eigenvalue weighted by Gasteiger charge is -2.63. The molecule has 0 aromatic carbocycles. The number of anilines is 1. The highest BCUT2D eigenvalue weighted by atomic mass is 16.8. The highest BCUT2D eigenvalue weighted by Crippen LogP contribution is 2.68. The van der Waals surface area contributed by atoms with Gasteiger partial charge in [0.15, 0.2) is 23.5 Å². The smallest absolute Gasteiger partial charge is 0.329 e. The van der Waals surface area contributed by atoms with Crippen LogP contribution in [0.1, 0.15) is 125 Å². The number of amides is 1. The van der Waals surface area contributed by atoms with Crippen LogP contribution in [0, 0.1) is 52.3 Å². The van der Waals surface area contributed by atoms with Crippen molar-refractivity contribution >= 4 is 28.9 Å². The van der Waals surface area contributed by atoms with E-state index < -0.39 is 54.5 Å². The number of ether oxygens (including phenoxy) is 4. The van der Waals surface area contributed by atoms with Crippen molar-refractivity contribution in [3.05, 3.63) is 24.5 Å². The van der Waals surface area contributed by atoms with E-state index in [-0.39, 0.29) is 89.7 Å². The van der Waals surface area contributed by atoms with Gasteiger partial charge in [-0.05, 0) is 117 Å². The molecule has 17 atom stereocenters. The van der Waals surface area contributed by atoms with Crippen molar-refractivity contribution in [1.82, 2.24) is 39.8 Å². The average Bonchev–Trinajstić information content (AvgIpc) is 4.09. The second kappa shape index (κ2) is 17.1. The number of nitrogens with zero attached hydrogens (tertiary/aromatic N) is 7. The Morgan fingerprint density at radius 3 is 2.58 bits per heavy atom. The molecule has 0 bridgehead atoms. The number of fused-ring (bicyclic) bond motifs is 7. The van der Waals surface area contributed by atoms with Gasteiger partial charge in [-0.25, -0.2) is 24.4 Å². The van der Waals surface area contributed by atoms with E-state index in [1.165, 1.54) is 6.33 Å². The van der Waals surface area contributed by atoms with Crippen LogP contribution < -0.4 is 11.1 Å². The zero-order chi connectivity index (χ0) is 45.5. The van der Waals surface area contributed by atoms with Crippen LogP contribution in [0.3, 0.4) is 0 Å². The molecule has 6 aliphatic rings. The van der Waals surface area contributed by atoms with Crippen molar-refractivity contribution in [3.8, 4) is 0 Å². The molecule has 0 radical (unpaired) electrons. The van der Waals surface area contributed by atoms with Crippen molar-refractivity contribution in [1.29, 1.82) is 0 Å². The lowest BCUT2D eigenvalue weighted by atomic mass is 9.43. The molecule has 3 aromatic heterocycles. The fraction of sp³-hybridized carbons (Fsp3) is 0.804. The summed E-state index contributed by atoms with van der Waals surface area (Å²) in [6, 6.07) is -0.837. The van der Waals surface area contributed by atoms with Crippen molar-refractivity contribution in [3.63, 3.8) is 0 Å². The molecule has 18 heteroatoms. The van der Waals surface area contributed by atoms with E-state index in [0.29, 0.717) is 36.1 Å². The third kappa shape index (κ3) is 7.90. The maximum Gasteiger partial charge on any atom is 0.329 e. The minimum Gasteiger partial charge on any atom is -0.458 e. The molecule has 5 heterocycles. The minimum atomic E-state index is -0.854. The standard InChI is InChI=1S/C46H69N9O9/c1-8-23(2)36(51-34(59)12-9-24(3)28-10-11-29-35-30(17-33(58)46(28,29)7)45(6)14-13-27(56)15-25(45)16-31(35)57)43(60)61-20-26-18-54(53-52-26)19-32-38-39(64-44(4,5)63-38)42(62-32)55-22-50-37-40(47)48-21-49-41(37)55/h18,21-25,27-33,35-36,38-39,42,56-58H,8-17,19-20H2,1-7H3,(H,51,59)(H2,47,48,49)/t23?,24?,25?,27-,28-,29?,30?,31-,32?,33+,35?,36+,38-,39-,42?,45+,46-/m1/s1. The molecule has 64 heavy (non-hydrogen) atoms. The maximum atomic E-state index is 13.6. The number of hydrogen-bond donors (Lipinski definition) is 5. The molecule has 6 N–H and O–H groups in total. The number of aromatic nitrogens is 7. The van der Waals surface area contributed by atoms with Crippen LogP contribution in [0.4, 0.5) is 5.82 Å². The van der Waals surface area contributed by atoms with Gasteiger partial charge in [-0.3, -0.25) is 9.36 Å². The third-order valence-electron chi connectivity index (χ3n) is 17.2. The Labute approximate surface area is 374 Å². The SMILES string of the molecule is CCC(C)[C@H](NC(=O)CCC(C)[C@H]1CCC2C3C(C[C@H](O)[C@@]21C)[C@@]1(C)CC[C@@H](O)CC1C[C@H]3O)C(=O)OCc1cn(CC2OC(n3cnc4c(N)ncnc43)[C@@H]3OC(C)(C)O[C@H]23)nn1. The molecule has 9 rings (SSSR count). The summed E-state index contributed by atoms with van der Waals surface area (Å²) in [6.45, 7) is 14.5. The van der Waals surface area contributed by atoms with E-state index in [0.717, 1.165) is 38.5 Å². The molecular weight excluding hydrogens is 823 g/mol. The first-order valence-electron chi connectivity index (χ1n) is 23.7. The number of aliphatic hydroxyl groups excluding tert-OH is 3. The van der Waals surface area contributed by atoms with Crippen molar-refractivity contribution in [2.75, 3.05) is 5.73 Å². The number of hydrogen-bond acceptors (Lipinski definition) is 15. The molecule has 18 nitrogen and oxygen atoms in total. The Morgan fingerprint density at radius 2 is 1.80 bits per heavy atom. The third-order valence-corrected chi connectivity index (χ3v) is 17.2. The lowest BCUT2D eigenvalue weighted by Crippen LogP contribution is -2.62. The monoisotopic (exact) mass is 892 g/mol. The summed E-state index contributed by atoms with van der Waals surface area (Å²) in [4.78, 5) is 40.0. The summed E-state index contributed by atoms with van der Waals surface area (Å²) in [5, 5.41) is 45.7. The van der Waals surface area contributed by atoms with Crippen LogP contribution in [-0.2, 0) is 41.7 Å². The van der Waals surface area contributed by atoms with E-state index in [2.05, 4.69) is 51.4 Å². The number of nitrogens with one attached hydrogen (secondary N) is 1. The van der Waals surface area contributed by atoms with Crippen LogP contribution >= 0.6 is 0 Å². The molecule has 352 valence electrons. The summed E-state index contributed by atoms with van der Waals surface area (Å²) in [5.41, 5.74) is 7.12. The van der Waals surface area contributed by atoms with Crippen molar-refractivity contribution < 1.29 is 43.9 Å². The summed E-state index contributed by atoms with van der Waals surface area (Å²) < 4.78 is 28.3. The largest absolute Gasteiger partial charge is 0.458 e. The fourth-order valence-electron chi connectivity index (χ4n) is 13.6. The lowest BCUT2D eigenvalue weighted by molar-refractivity contribution is -0.207. The molecule has 6 fully saturated rings. The molecule has 4 aliphatic carbocycles. The Balaban J connectivity index is 0.788. The predicted molar refractivity (Wildman–Crippen MR) is 231 cm³/mol. The second-order valence-electron chi connectivity index (χ2n) is 21.2. The number of carbonyl (C=O) groups excluding carboxylic acids is 2. The van der Waals surface area contributed by atoms with Gasteiger partial charge >= 0.3 is 5.97 Å². The van der Waals surface area contributed by atoms with Gasteiger partial charge in [0.1, 0.15) is 48.5 Å². The topological polar surface area (TPSA) is 244 Å². The highest BCUT2D eigenvalue weighted by Gasteiger charge is 2.66. The van der Waals surface area contributed by atoms with Gasteiger partial charge in [-0.1, -0.05) is 46.3 Å². The second-order valence-corrected chi connectivity index (χ2v) is 21.2. The van der Waals surface area contributed by atoms with Crippen LogP contribution in [0.25, 0.3) is 11.2 Å². The van der Waals surface area contributed by atoms with Gasteiger partial charge in [-0.2, -0.15) is 0 Å². The fourth-order valence-corrected chi connectivity index (χ4v) is 13.6. The summed E-state index contributed by atoms with van der Waals surface area (Å²) in [6.07, 6.45) is 8.75. The van der Waals surface area contributed by atoms with E-state index in [1.54, 1.807) is 21.8 Å². The Kier molecular flexibility index (Phi) is 12.1. The number of imidazole rings is 1. The first-order valence-corrected chi connectivity index (χ1v) is 23.7. The normalized spacial score (nSPS) is 39.0. The van der Waals surface area contributed by atoms with E-state index in [1.807, 2.05) is 27.7 Å². The van der Waals surface area contributed by atoms with Crippen molar-refractivity contribution in [2.45, 2.75) is 181 Å². The minimum absolute atomic E-state index is 0.0171. The van der Waals surface area contributed by atoms with Crippen molar-refractivity contribution in [2.24, 2.45) is 52.3 Å². The first kappa shape index (κ1) is 45.4. The Morgan fingerprint density at radius 1 is 1.02 bits per heavy atom. The van der Waals surface area contributed by atoms with Gasteiger partial charge in [0.2, 0.25) is 5.91 Å². The molecular formula is C46H69N9O9. The molecule has 0 spiro atoms. The first-order chi connectivity index (χ1) is 30.4. The summed E-state index contributed by atoms with van der Waals surface area (Å²) in [7, 11) is 0. The maximum absolute atomic E-state index is 13.6. The van der Waals surface area contributed by atoms with Gasteiger partial charge in [0.05, 0.1) is 37.4 Å². The molecule has 8 unspecified atom stereocenters. The average molecular weight is 892 g/mol. The number of aliphatic hydroxyl groups is 3. The van der Waals surface area contributed by atoms with Crippen LogP contribution in [0.15, 0.2) is 18.9 Å². The zero-order valence-electron chi connectivity index (χ0n) is 38.4. The highest BCUT2D eigenvalue weighted by molar-refractivity contribution is 5.84. The predicted octanol–water partition coefficient (Wildman–Crippen LogP) is 4.07. The van der Waals surface area contributed by atoms with E-state index in [4.69, 9.17) is 24.7 Å². The number of nitrogen functional groups attached to an aromatic ring is 1. The van der Waals surface area contributed by atoms with Crippen LogP contribution in [0.2, 0.25) is 0 Å². The number of nitrogens with two attached hydrogens (primary N) is 1. The number of esters is 1. The molecule has 2 aliphatic heterocycles. The van der Waals surface area contributed by atoms with Gasteiger partial charge in [-0.15, -0.1) is 5.10 Å². The number of rotatable bonds is 13. The zero-order valence-corrected chi connectivity index (χ0v) is 38.4. The Bertz CT molecular complexity index is 2190. The van der Waals surface area contributed by atoms with E-state index >= 15 is 0 Å². The van der Waals surface area contributed by atoms with Crippen LogP contribution in [-0.4, -0.2) is 110 Å². The quantitative estimate of drug-likeness (QED) is 0.152. The summed E-state index contributed by atoms with van der Waals surface area (Å²) in [5.74, 6) is -0.296. The summed E-state index contributed by atoms with van der Waals surface area (Å²) >= 11 is 0.